The number of rotatable bonds is 4. The highest BCUT2D eigenvalue weighted by Gasteiger charge is 2.19. The third kappa shape index (κ3) is 3.06. The second-order valence-electron chi connectivity index (χ2n) is 4.81. The Kier molecular flexibility index (Phi) is 4.15. The first-order valence-electron chi connectivity index (χ1n) is 6.13. The first kappa shape index (κ1) is 12.5. The van der Waals surface area contributed by atoms with Crippen LogP contribution in [0.15, 0.2) is 12.5 Å². The molecular formula is C12H21N3O2. The topological polar surface area (TPSA) is 62.3 Å². The van der Waals surface area contributed by atoms with E-state index < -0.39 is 0 Å². The highest BCUT2D eigenvalue weighted by Crippen LogP contribution is 2.19. The highest BCUT2D eigenvalue weighted by atomic mass is 16.6. The summed E-state index contributed by atoms with van der Waals surface area (Å²) in [6.07, 6.45) is 3.76. The Bertz CT molecular complexity index is 345. The van der Waals surface area contributed by atoms with E-state index in [2.05, 4.69) is 23.4 Å². The lowest BCUT2D eigenvalue weighted by Crippen LogP contribution is -2.33. The Hall–Kier alpha value is -0.910. The van der Waals surface area contributed by atoms with Gasteiger partial charge in [0.2, 0.25) is 0 Å². The lowest BCUT2D eigenvalue weighted by Gasteiger charge is -2.25. The molecule has 0 bridgehead atoms. The maximum atomic E-state index is 6.16. The lowest BCUT2D eigenvalue weighted by molar-refractivity contribution is -0.0938. The Morgan fingerprint density at radius 2 is 2.35 bits per heavy atom. The van der Waals surface area contributed by atoms with E-state index in [0.29, 0.717) is 25.7 Å². The van der Waals surface area contributed by atoms with Gasteiger partial charge in [0.1, 0.15) is 0 Å². The van der Waals surface area contributed by atoms with Crippen LogP contribution in [0.3, 0.4) is 0 Å². The molecule has 1 aromatic heterocycles. The van der Waals surface area contributed by atoms with Crippen molar-refractivity contribution in [1.29, 1.82) is 0 Å². The van der Waals surface area contributed by atoms with Crippen LogP contribution in [0.4, 0.5) is 0 Å². The molecule has 0 saturated carbocycles. The minimum absolute atomic E-state index is 0.0157. The van der Waals surface area contributed by atoms with Crippen molar-refractivity contribution in [3.8, 4) is 0 Å². The van der Waals surface area contributed by atoms with Crippen molar-refractivity contribution in [2.24, 2.45) is 11.7 Å². The van der Waals surface area contributed by atoms with Crippen LogP contribution in [0.25, 0.3) is 0 Å². The highest BCUT2D eigenvalue weighted by molar-refractivity contribution is 5.05. The third-order valence-electron chi connectivity index (χ3n) is 3.09. The second kappa shape index (κ2) is 5.62. The van der Waals surface area contributed by atoms with Crippen LogP contribution < -0.4 is 5.73 Å². The van der Waals surface area contributed by atoms with Gasteiger partial charge in [0, 0.05) is 12.2 Å². The molecule has 96 valence electrons. The van der Waals surface area contributed by atoms with E-state index in [-0.39, 0.29) is 12.1 Å². The van der Waals surface area contributed by atoms with Crippen molar-refractivity contribution in [2.45, 2.75) is 32.5 Å². The molecule has 2 N–H and O–H groups in total. The summed E-state index contributed by atoms with van der Waals surface area (Å²) in [6, 6.07) is 0.0157. The van der Waals surface area contributed by atoms with Crippen LogP contribution in [0, 0.1) is 5.92 Å². The SMILES string of the molecule is CC(C)C(N)c1cncn1CC1COCCO1. The van der Waals surface area contributed by atoms with Gasteiger partial charge in [0.25, 0.3) is 0 Å². The largest absolute Gasteiger partial charge is 0.376 e. The van der Waals surface area contributed by atoms with Crippen molar-refractivity contribution in [2.75, 3.05) is 19.8 Å². The minimum atomic E-state index is 0.0157. The average Bonchev–Trinajstić information content (AvgIpc) is 2.77. The summed E-state index contributed by atoms with van der Waals surface area (Å²) in [6.45, 7) is 7.00. The molecule has 1 fully saturated rings. The van der Waals surface area contributed by atoms with Crippen LogP contribution in [0.5, 0.6) is 0 Å². The summed E-state index contributed by atoms with van der Waals surface area (Å²) < 4.78 is 13.1. The van der Waals surface area contributed by atoms with E-state index in [1.807, 2.05) is 12.5 Å². The minimum Gasteiger partial charge on any atom is -0.376 e. The van der Waals surface area contributed by atoms with E-state index in [0.717, 1.165) is 12.2 Å². The van der Waals surface area contributed by atoms with Gasteiger partial charge in [-0.2, -0.15) is 0 Å². The van der Waals surface area contributed by atoms with Gasteiger partial charge in [0.05, 0.1) is 44.5 Å². The molecule has 1 aliphatic heterocycles. The normalized spacial score (nSPS) is 22.9. The summed E-state index contributed by atoms with van der Waals surface area (Å²) >= 11 is 0. The van der Waals surface area contributed by atoms with E-state index in [1.54, 1.807) is 0 Å². The summed E-state index contributed by atoms with van der Waals surface area (Å²) in [5, 5.41) is 0. The molecule has 0 aromatic carbocycles. The zero-order valence-corrected chi connectivity index (χ0v) is 10.5. The summed E-state index contributed by atoms with van der Waals surface area (Å²) in [4.78, 5) is 4.18. The molecule has 0 amide bonds. The number of nitrogens with zero attached hydrogens (tertiary/aromatic N) is 2. The molecule has 2 unspecified atom stereocenters. The maximum Gasteiger partial charge on any atom is 0.0988 e. The van der Waals surface area contributed by atoms with Gasteiger partial charge in [0.15, 0.2) is 0 Å². The zero-order chi connectivity index (χ0) is 12.3. The monoisotopic (exact) mass is 239 g/mol. The second-order valence-corrected chi connectivity index (χ2v) is 4.81. The molecule has 2 atom stereocenters. The quantitative estimate of drug-likeness (QED) is 0.850. The summed E-state index contributed by atoms with van der Waals surface area (Å²) in [5.41, 5.74) is 7.22. The molecule has 0 spiro atoms. The molecule has 1 saturated heterocycles. The van der Waals surface area contributed by atoms with Gasteiger partial charge in [-0.15, -0.1) is 0 Å². The molecular weight excluding hydrogens is 218 g/mol. The van der Waals surface area contributed by atoms with Crippen molar-refractivity contribution >= 4 is 0 Å². The molecule has 0 radical (unpaired) electrons. The predicted molar refractivity (Wildman–Crippen MR) is 64.6 cm³/mol. The van der Waals surface area contributed by atoms with Crippen LogP contribution in [-0.2, 0) is 16.0 Å². The molecule has 5 heteroatoms. The molecule has 1 aromatic rings. The van der Waals surface area contributed by atoms with E-state index in [4.69, 9.17) is 15.2 Å². The standard InChI is InChI=1S/C12H21N3O2/c1-9(2)12(13)11-5-14-8-15(11)6-10-7-16-3-4-17-10/h5,8-10,12H,3-4,6-7,13H2,1-2H3. The molecule has 2 heterocycles. The van der Waals surface area contributed by atoms with Crippen LogP contribution in [-0.4, -0.2) is 35.5 Å². The molecule has 17 heavy (non-hydrogen) atoms. The Morgan fingerprint density at radius 1 is 1.53 bits per heavy atom. The summed E-state index contributed by atoms with van der Waals surface area (Å²) in [5.74, 6) is 0.397. The van der Waals surface area contributed by atoms with Crippen molar-refractivity contribution in [3.05, 3.63) is 18.2 Å². The van der Waals surface area contributed by atoms with Gasteiger partial charge in [-0.25, -0.2) is 4.98 Å². The van der Waals surface area contributed by atoms with E-state index >= 15 is 0 Å². The summed E-state index contributed by atoms with van der Waals surface area (Å²) in [7, 11) is 0. The molecule has 2 rings (SSSR count). The van der Waals surface area contributed by atoms with Crippen LogP contribution in [0.1, 0.15) is 25.6 Å². The van der Waals surface area contributed by atoms with Gasteiger partial charge < -0.3 is 19.8 Å². The number of hydrogen-bond acceptors (Lipinski definition) is 4. The fraction of sp³-hybridized carbons (Fsp3) is 0.750. The maximum absolute atomic E-state index is 6.16. The average molecular weight is 239 g/mol. The molecule has 1 aliphatic rings. The van der Waals surface area contributed by atoms with Crippen molar-refractivity contribution < 1.29 is 9.47 Å². The number of aromatic nitrogens is 2. The van der Waals surface area contributed by atoms with Crippen LogP contribution >= 0.6 is 0 Å². The third-order valence-corrected chi connectivity index (χ3v) is 3.09. The molecule has 5 nitrogen and oxygen atoms in total. The van der Waals surface area contributed by atoms with E-state index in [9.17, 15) is 0 Å². The lowest BCUT2D eigenvalue weighted by atomic mass is 10.0. The first-order chi connectivity index (χ1) is 8.18. The Labute approximate surface area is 102 Å². The van der Waals surface area contributed by atoms with Gasteiger partial charge in [-0.1, -0.05) is 13.8 Å². The number of hydrogen-bond donors (Lipinski definition) is 1. The number of ether oxygens (including phenoxy) is 2. The van der Waals surface area contributed by atoms with Crippen molar-refractivity contribution in [3.63, 3.8) is 0 Å². The first-order valence-corrected chi connectivity index (χ1v) is 6.13. The fourth-order valence-electron chi connectivity index (χ4n) is 1.96. The smallest absolute Gasteiger partial charge is 0.0988 e. The molecule has 0 aliphatic carbocycles. The number of nitrogens with two attached hydrogens (primary N) is 1. The van der Waals surface area contributed by atoms with E-state index in [1.165, 1.54) is 0 Å². The number of imidazole rings is 1. The Balaban J connectivity index is 2.02. The van der Waals surface area contributed by atoms with Crippen molar-refractivity contribution in [1.82, 2.24) is 9.55 Å². The fourth-order valence-corrected chi connectivity index (χ4v) is 1.96. The van der Waals surface area contributed by atoms with Gasteiger partial charge in [-0.05, 0) is 5.92 Å². The van der Waals surface area contributed by atoms with Crippen LogP contribution in [0.2, 0.25) is 0 Å². The van der Waals surface area contributed by atoms with Gasteiger partial charge in [-0.3, -0.25) is 0 Å². The zero-order valence-electron chi connectivity index (χ0n) is 10.5. The Morgan fingerprint density at radius 3 is 3.00 bits per heavy atom. The van der Waals surface area contributed by atoms with Gasteiger partial charge >= 0.3 is 0 Å². The predicted octanol–water partition coefficient (Wildman–Crippen LogP) is 0.954.